The second kappa shape index (κ2) is 10.6. The molecule has 2 amide bonds. The third kappa shape index (κ3) is 6.20. The lowest BCUT2D eigenvalue weighted by Crippen LogP contribution is -2.40. The second-order valence-corrected chi connectivity index (χ2v) is 5.33. The molecule has 0 heterocycles. The minimum absolute atomic E-state index is 0.131. The number of esters is 1. The van der Waals surface area contributed by atoms with Gasteiger partial charge in [0, 0.05) is 25.3 Å². The number of carbonyl (C=O) groups excluding carboxylic acids is 2. The zero-order valence-electron chi connectivity index (χ0n) is 15.2. The van der Waals surface area contributed by atoms with Gasteiger partial charge in [0.15, 0.2) is 0 Å². The fourth-order valence-corrected chi connectivity index (χ4v) is 2.31. The van der Waals surface area contributed by atoms with Crippen LogP contribution in [-0.2, 0) is 4.74 Å². The van der Waals surface area contributed by atoms with Crippen molar-refractivity contribution in [3.8, 4) is 0 Å². The smallest absolute Gasteiger partial charge is 0.338 e. The van der Waals surface area contributed by atoms with E-state index in [0.717, 1.165) is 19.6 Å². The monoisotopic (exact) mass is 335 g/mol. The van der Waals surface area contributed by atoms with Crippen molar-refractivity contribution in [3.05, 3.63) is 29.8 Å². The van der Waals surface area contributed by atoms with Crippen LogP contribution in [0.15, 0.2) is 24.3 Å². The van der Waals surface area contributed by atoms with Crippen LogP contribution in [0.2, 0.25) is 0 Å². The van der Waals surface area contributed by atoms with E-state index >= 15 is 0 Å². The van der Waals surface area contributed by atoms with Gasteiger partial charge in [-0.3, -0.25) is 0 Å². The fraction of sp³-hybridized carbons (Fsp3) is 0.556. The molecule has 6 heteroatoms. The molecule has 0 unspecified atom stereocenters. The lowest BCUT2D eigenvalue weighted by Gasteiger charge is -2.25. The van der Waals surface area contributed by atoms with E-state index in [2.05, 4.69) is 24.1 Å². The van der Waals surface area contributed by atoms with Crippen LogP contribution in [0.4, 0.5) is 10.5 Å². The first kappa shape index (κ1) is 20.0. The van der Waals surface area contributed by atoms with Crippen molar-refractivity contribution in [1.29, 1.82) is 0 Å². The van der Waals surface area contributed by atoms with Crippen LogP contribution in [0.3, 0.4) is 0 Å². The number of nitrogens with zero attached hydrogens (tertiary/aromatic N) is 2. The van der Waals surface area contributed by atoms with E-state index in [-0.39, 0.29) is 12.0 Å². The molecule has 0 radical (unpaired) electrons. The van der Waals surface area contributed by atoms with Gasteiger partial charge in [-0.2, -0.15) is 0 Å². The SMILES string of the molecule is CCOC(=O)c1ccc(NC(=O)N(CC)CCN(CC)CC)cc1. The molecule has 1 aromatic rings. The van der Waals surface area contributed by atoms with Crippen molar-refractivity contribution in [2.75, 3.05) is 44.6 Å². The minimum Gasteiger partial charge on any atom is -0.462 e. The predicted octanol–water partition coefficient (Wildman–Crippen LogP) is 3.06. The highest BCUT2D eigenvalue weighted by molar-refractivity contribution is 5.92. The van der Waals surface area contributed by atoms with Gasteiger partial charge in [-0.15, -0.1) is 0 Å². The summed E-state index contributed by atoms with van der Waals surface area (Å²) in [5.74, 6) is -0.357. The third-order valence-corrected chi connectivity index (χ3v) is 3.90. The number of hydrogen-bond acceptors (Lipinski definition) is 4. The average molecular weight is 335 g/mol. The maximum Gasteiger partial charge on any atom is 0.338 e. The molecule has 24 heavy (non-hydrogen) atoms. The first-order valence-corrected chi connectivity index (χ1v) is 8.61. The zero-order valence-corrected chi connectivity index (χ0v) is 15.2. The summed E-state index contributed by atoms with van der Waals surface area (Å²) in [4.78, 5) is 28.0. The third-order valence-electron chi connectivity index (χ3n) is 3.90. The summed E-state index contributed by atoms with van der Waals surface area (Å²) in [5, 5.41) is 2.87. The van der Waals surface area contributed by atoms with Gasteiger partial charge in [0.25, 0.3) is 0 Å². The second-order valence-electron chi connectivity index (χ2n) is 5.33. The molecule has 0 aliphatic heterocycles. The van der Waals surface area contributed by atoms with E-state index in [1.54, 1.807) is 36.1 Å². The number of carbonyl (C=O) groups is 2. The van der Waals surface area contributed by atoms with Crippen LogP contribution in [0.25, 0.3) is 0 Å². The fourth-order valence-electron chi connectivity index (χ4n) is 2.31. The maximum absolute atomic E-state index is 12.4. The van der Waals surface area contributed by atoms with Crippen molar-refractivity contribution in [1.82, 2.24) is 9.80 Å². The number of likely N-dealkylation sites (N-methyl/N-ethyl adjacent to an activating group) is 2. The summed E-state index contributed by atoms with van der Waals surface area (Å²) in [7, 11) is 0. The number of rotatable bonds is 9. The Morgan fingerprint density at radius 2 is 1.58 bits per heavy atom. The Morgan fingerprint density at radius 1 is 0.958 bits per heavy atom. The summed E-state index contributed by atoms with van der Waals surface area (Å²) in [6, 6.07) is 6.60. The van der Waals surface area contributed by atoms with Crippen LogP contribution in [0, 0.1) is 0 Å². The number of amides is 2. The zero-order chi connectivity index (χ0) is 17.9. The van der Waals surface area contributed by atoms with E-state index in [4.69, 9.17) is 4.74 Å². The van der Waals surface area contributed by atoms with Crippen LogP contribution < -0.4 is 5.32 Å². The lowest BCUT2D eigenvalue weighted by atomic mass is 10.2. The summed E-state index contributed by atoms with van der Waals surface area (Å²) >= 11 is 0. The van der Waals surface area contributed by atoms with E-state index < -0.39 is 0 Å². The molecule has 1 rings (SSSR count). The molecule has 134 valence electrons. The molecular weight excluding hydrogens is 306 g/mol. The van der Waals surface area contributed by atoms with E-state index in [0.29, 0.717) is 30.9 Å². The van der Waals surface area contributed by atoms with E-state index in [1.165, 1.54) is 0 Å². The summed E-state index contributed by atoms with van der Waals surface area (Å²) in [6.45, 7) is 12.5. The van der Waals surface area contributed by atoms with E-state index in [1.807, 2.05) is 6.92 Å². The Balaban J connectivity index is 2.59. The van der Waals surface area contributed by atoms with Gasteiger partial charge in [0.2, 0.25) is 0 Å². The molecule has 0 aliphatic carbocycles. The van der Waals surface area contributed by atoms with Gasteiger partial charge in [-0.25, -0.2) is 9.59 Å². The molecule has 0 aliphatic rings. The predicted molar refractivity (Wildman–Crippen MR) is 96.5 cm³/mol. The van der Waals surface area contributed by atoms with Crippen LogP contribution in [0.5, 0.6) is 0 Å². The van der Waals surface area contributed by atoms with Crippen molar-refractivity contribution >= 4 is 17.7 Å². The van der Waals surface area contributed by atoms with Crippen LogP contribution in [0.1, 0.15) is 38.1 Å². The maximum atomic E-state index is 12.4. The number of benzene rings is 1. The van der Waals surface area contributed by atoms with Crippen molar-refractivity contribution < 1.29 is 14.3 Å². The molecule has 0 bridgehead atoms. The molecule has 0 fully saturated rings. The highest BCUT2D eigenvalue weighted by atomic mass is 16.5. The standard InChI is InChI=1S/C18H29N3O3/c1-5-20(6-2)13-14-21(7-3)18(23)19-16-11-9-15(10-12-16)17(22)24-8-4/h9-12H,5-8,13-14H2,1-4H3,(H,19,23). The first-order valence-electron chi connectivity index (χ1n) is 8.61. The highest BCUT2D eigenvalue weighted by Crippen LogP contribution is 2.11. The van der Waals surface area contributed by atoms with Gasteiger partial charge < -0.3 is 19.9 Å². The quantitative estimate of drug-likeness (QED) is 0.705. The van der Waals surface area contributed by atoms with Crippen LogP contribution >= 0.6 is 0 Å². The lowest BCUT2D eigenvalue weighted by molar-refractivity contribution is 0.0526. The summed E-state index contributed by atoms with van der Waals surface area (Å²) in [5.41, 5.74) is 1.14. The molecule has 6 nitrogen and oxygen atoms in total. The highest BCUT2D eigenvalue weighted by Gasteiger charge is 2.13. The summed E-state index contributed by atoms with van der Waals surface area (Å²) < 4.78 is 4.94. The Kier molecular flexibility index (Phi) is 8.86. The molecule has 0 saturated carbocycles. The molecule has 0 spiro atoms. The molecule has 1 aromatic carbocycles. The molecule has 0 atom stereocenters. The van der Waals surface area contributed by atoms with E-state index in [9.17, 15) is 9.59 Å². The van der Waals surface area contributed by atoms with Crippen molar-refractivity contribution in [2.24, 2.45) is 0 Å². The number of nitrogens with one attached hydrogen (secondary N) is 1. The minimum atomic E-state index is -0.357. The Labute approximate surface area is 144 Å². The number of ether oxygens (including phenoxy) is 1. The van der Waals surface area contributed by atoms with Gasteiger partial charge in [-0.1, -0.05) is 13.8 Å². The van der Waals surface area contributed by atoms with Crippen LogP contribution in [-0.4, -0.2) is 61.1 Å². The number of hydrogen-bond donors (Lipinski definition) is 1. The number of urea groups is 1. The Morgan fingerprint density at radius 3 is 2.08 bits per heavy atom. The van der Waals surface area contributed by atoms with Crippen molar-refractivity contribution in [2.45, 2.75) is 27.7 Å². The van der Waals surface area contributed by atoms with Gasteiger partial charge in [-0.05, 0) is 51.2 Å². The van der Waals surface area contributed by atoms with Gasteiger partial charge in [0.1, 0.15) is 0 Å². The molecule has 0 aromatic heterocycles. The van der Waals surface area contributed by atoms with Gasteiger partial charge >= 0.3 is 12.0 Å². The average Bonchev–Trinajstić information content (AvgIpc) is 2.59. The van der Waals surface area contributed by atoms with Gasteiger partial charge in [0.05, 0.1) is 12.2 Å². The number of anilines is 1. The Hall–Kier alpha value is -2.08. The summed E-state index contributed by atoms with van der Waals surface area (Å²) in [6.07, 6.45) is 0. The normalized spacial score (nSPS) is 10.5. The topological polar surface area (TPSA) is 61.9 Å². The van der Waals surface area contributed by atoms with Crippen molar-refractivity contribution in [3.63, 3.8) is 0 Å². The first-order chi connectivity index (χ1) is 11.5. The molecule has 1 N–H and O–H groups in total. The molecular formula is C18H29N3O3. The Bertz CT molecular complexity index is 513. The largest absolute Gasteiger partial charge is 0.462 e. The molecule has 0 saturated heterocycles.